The molecule has 3 aliphatic rings. The van der Waals surface area contributed by atoms with Gasteiger partial charge in [0.15, 0.2) is 5.78 Å². The number of H-pyrrole nitrogens is 1. The lowest BCUT2D eigenvalue weighted by Crippen LogP contribution is -2.43. The topological polar surface area (TPSA) is 117 Å². The third-order valence-electron chi connectivity index (χ3n) is 9.47. The van der Waals surface area contributed by atoms with Crippen LogP contribution in [0.25, 0.3) is 11.3 Å². The molecule has 3 fully saturated rings. The molecule has 10 heteroatoms. The maximum Gasteiger partial charge on any atom is 0.410 e. The summed E-state index contributed by atoms with van der Waals surface area (Å²) in [6.45, 7) is 12.3. The Bertz CT molecular complexity index is 1680. The molecule has 4 unspecified atom stereocenters. The highest BCUT2D eigenvalue weighted by atomic mass is 16.6. The minimum Gasteiger partial charge on any atom is -0.444 e. The van der Waals surface area contributed by atoms with E-state index in [1.54, 1.807) is 15.1 Å². The van der Waals surface area contributed by atoms with E-state index < -0.39 is 23.3 Å². The number of nitrogens with one attached hydrogen (secondary N) is 2. The van der Waals surface area contributed by atoms with Crippen LogP contribution >= 0.6 is 0 Å². The molecular formula is C39H51N5O5. The highest BCUT2D eigenvalue weighted by Gasteiger charge is 2.37. The number of likely N-dealkylation sites (tertiary alicyclic amines) is 2. The number of amides is 2. The smallest absolute Gasteiger partial charge is 0.410 e. The van der Waals surface area contributed by atoms with Gasteiger partial charge in [-0.3, -0.25) is 14.6 Å². The van der Waals surface area contributed by atoms with Crippen molar-refractivity contribution in [3.8, 4) is 11.3 Å². The van der Waals surface area contributed by atoms with E-state index in [-0.39, 0.29) is 36.4 Å². The van der Waals surface area contributed by atoms with E-state index in [4.69, 9.17) is 10.9 Å². The van der Waals surface area contributed by atoms with Crippen LogP contribution < -0.4 is 5.31 Å². The number of carbonyl (C=O) groups is 3. The summed E-state index contributed by atoms with van der Waals surface area (Å²) in [5.74, 6) is 0.792. The second-order valence-corrected chi connectivity index (χ2v) is 15.6. The van der Waals surface area contributed by atoms with Crippen molar-refractivity contribution in [2.75, 3.05) is 13.1 Å². The van der Waals surface area contributed by atoms with Crippen LogP contribution in [0.1, 0.15) is 121 Å². The van der Waals surface area contributed by atoms with E-state index in [0.717, 1.165) is 65.9 Å². The molecule has 0 radical (unpaired) electrons. The minimum absolute atomic E-state index is 0.0280. The van der Waals surface area contributed by atoms with E-state index >= 15 is 0 Å². The fourth-order valence-electron chi connectivity index (χ4n) is 7.13. The van der Waals surface area contributed by atoms with Crippen LogP contribution in [0.15, 0.2) is 54.7 Å². The lowest BCUT2D eigenvalue weighted by molar-refractivity contribution is -0.122. The molecule has 262 valence electrons. The third kappa shape index (κ3) is 8.35. The van der Waals surface area contributed by atoms with Crippen molar-refractivity contribution in [2.24, 2.45) is 0 Å². The fourth-order valence-corrected chi connectivity index (χ4v) is 7.13. The molecule has 6 rings (SSSR count). The van der Waals surface area contributed by atoms with Gasteiger partial charge in [0, 0.05) is 31.6 Å². The molecule has 3 aliphatic heterocycles. The Morgan fingerprint density at radius 1 is 0.796 bits per heavy atom. The first-order chi connectivity index (χ1) is 23.7. The number of imidazole rings is 1. The van der Waals surface area contributed by atoms with Crippen LogP contribution in [0.4, 0.5) is 9.59 Å². The van der Waals surface area contributed by atoms with E-state index in [1.165, 1.54) is 0 Å². The van der Waals surface area contributed by atoms with E-state index in [0.29, 0.717) is 19.5 Å². The molecule has 0 aliphatic carbocycles. The number of benzene rings is 2. The normalized spacial score (nSPS) is 23.5. The number of Topliss-reactive ketones (excluding diaryl/α,β-unsaturated/α-hetero) is 1. The van der Waals surface area contributed by atoms with Crippen LogP contribution in [0, 0.1) is 0 Å². The van der Waals surface area contributed by atoms with Crippen LogP contribution in [0.3, 0.4) is 0 Å². The van der Waals surface area contributed by atoms with Crippen molar-refractivity contribution < 1.29 is 25.3 Å². The van der Waals surface area contributed by atoms with Crippen molar-refractivity contribution in [3.63, 3.8) is 0 Å². The van der Waals surface area contributed by atoms with Crippen LogP contribution in [0.2, 0.25) is 1.41 Å². The van der Waals surface area contributed by atoms with Gasteiger partial charge in [0.25, 0.3) is 0 Å². The molecule has 0 saturated carbocycles. The van der Waals surface area contributed by atoms with Crippen molar-refractivity contribution in [1.82, 2.24) is 25.1 Å². The Morgan fingerprint density at radius 3 is 1.96 bits per heavy atom. The summed E-state index contributed by atoms with van der Waals surface area (Å²) in [7, 11) is 0. The zero-order valence-corrected chi connectivity index (χ0v) is 29.7. The molecule has 4 heterocycles. The summed E-state index contributed by atoms with van der Waals surface area (Å²) in [5, 5.41) is 1.70. The number of aromatic nitrogens is 2. The van der Waals surface area contributed by atoms with Gasteiger partial charge in [-0.25, -0.2) is 14.6 Å². The number of ketones is 1. The Morgan fingerprint density at radius 2 is 1.35 bits per heavy atom. The van der Waals surface area contributed by atoms with E-state index in [1.807, 2.05) is 72.0 Å². The molecule has 0 bridgehead atoms. The molecule has 2 aromatic carbocycles. The number of rotatable bonds is 7. The van der Waals surface area contributed by atoms with Crippen molar-refractivity contribution in [3.05, 3.63) is 77.2 Å². The van der Waals surface area contributed by atoms with Crippen molar-refractivity contribution in [2.45, 2.75) is 122 Å². The van der Waals surface area contributed by atoms with Crippen LogP contribution in [-0.2, 0) is 20.7 Å². The monoisotopic (exact) mass is 670 g/mol. The summed E-state index contributed by atoms with van der Waals surface area (Å²) in [6.07, 6.45) is 6.27. The van der Waals surface area contributed by atoms with Gasteiger partial charge in [0.05, 0.1) is 24.0 Å². The molecule has 49 heavy (non-hydrogen) atoms. The fraction of sp³-hybridized carbons (Fsp3) is 0.538. The Kier molecular flexibility index (Phi) is 9.50. The summed E-state index contributed by atoms with van der Waals surface area (Å²) in [5.41, 5.74) is 3.78. The lowest BCUT2D eigenvalue weighted by Gasteiger charge is -2.28. The summed E-state index contributed by atoms with van der Waals surface area (Å²) in [6, 6.07) is 15.7. The molecule has 2 amide bonds. The molecule has 3 saturated heterocycles. The first-order valence-electron chi connectivity index (χ1n) is 18.1. The standard InChI is InChI=1S/C39H51N5O5/c1-38(2,3)48-36(46)43-21-7-9-32(43)34(45)23-25-11-13-26(14-12-25)29-19-20-30(41-29)27-15-17-28(18-16-27)31-24-40-35(42-31)33-10-8-22-44(33)37(47)49-39(4,5)6/h11-18,24,29-30,32-33,41H,7-10,19-23H2,1-6H3,(H,40,42)/i/hD. The number of ether oxygens (including phenoxy) is 2. The number of aromatic amines is 1. The molecule has 10 nitrogen and oxygen atoms in total. The predicted octanol–water partition coefficient (Wildman–Crippen LogP) is 7.83. The van der Waals surface area contributed by atoms with Gasteiger partial charge in [-0.2, -0.15) is 0 Å². The van der Waals surface area contributed by atoms with Gasteiger partial charge in [0.1, 0.15) is 18.4 Å². The van der Waals surface area contributed by atoms with Gasteiger partial charge >= 0.3 is 12.2 Å². The maximum atomic E-state index is 13.2. The van der Waals surface area contributed by atoms with Crippen molar-refractivity contribution >= 4 is 18.0 Å². The summed E-state index contributed by atoms with van der Waals surface area (Å²) in [4.78, 5) is 50.1. The van der Waals surface area contributed by atoms with Crippen LogP contribution in [-0.4, -0.2) is 68.1 Å². The summed E-state index contributed by atoms with van der Waals surface area (Å²) < 4.78 is 20.2. The summed E-state index contributed by atoms with van der Waals surface area (Å²) >= 11 is 0. The zero-order chi connectivity index (χ0) is 35.8. The molecule has 4 atom stereocenters. The third-order valence-corrected chi connectivity index (χ3v) is 9.47. The molecular weight excluding hydrogens is 618 g/mol. The average Bonchev–Trinajstić information content (AvgIpc) is 3.86. The highest BCUT2D eigenvalue weighted by Crippen LogP contribution is 2.36. The van der Waals surface area contributed by atoms with Gasteiger partial charge in [-0.15, -0.1) is 0 Å². The SMILES string of the molecule is [2H]N1C(c2ccc(CC(=O)C3CCCN3C(=O)OC(C)(C)C)cc2)CCC1c1ccc(-c2cnc(C3CCCN3C(=O)OC(C)(C)C)[nH]2)cc1. The molecule has 3 aromatic rings. The second-order valence-electron chi connectivity index (χ2n) is 15.6. The zero-order valence-electron chi connectivity index (χ0n) is 30.7. The van der Waals surface area contributed by atoms with Gasteiger partial charge in [-0.05, 0) is 102 Å². The van der Waals surface area contributed by atoms with Crippen molar-refractivity contribution in [1.29, 1.82) is 0 Å². The molecule has 0 spiro atoms. The van der Waals surface area contributed by atoms with Gasteiger partial charge < -0.3 is 19.8 Å². The lowest BCUT2D eigenvalue weighted by atomic mass is 9.98. The maximum absolute atomic E-state index is 13.2. The predicted molar refractivity (Wildman–Crippen MR) is 188 cm³/mol. The first-order valence-corrected chi connectivity index (χ1v) is 17.7. The first kappa shape index (κ1) is 33.3. The molecule has 1 aromatic heterocycles. The Balaban J connectivity index is 1.05. The highest BCUT2D eigenvalue weighted by molar-refractivity contribution is 5.89. The van der Waals surface area contributed by atoms with E-state index in [2.05, 4.69) is 34.2 Å². The van der Waals surface area contributed by atoms with Gasteiger partial charge in [0.2, 0.25) is 0 Å². The Hall–Kier alpha value is -4.18. The van der Waals surface area contributed by atoms with Gasteiger partial charge in [-0.1, -0.05) is 48.5 Å². The number of hydrogen-bond acceptors (Lipinski definition) is 7. The van der Waals surface area contributed by atoms with E-state index in [9.17, 15) is 14.4 Å². The largest absolute Gasteiger partial charge is 0.444 e. The number of nitrogens with zero attached hydrogens (tertiary/aromatic N) is 3. The average molecular weight is 671 g/mol. The van der Waals surface area contributed by atoms with Crippen LogP contribution in [0.5, 0.6) is 0 Å². The Labute approximate surface area is 291 Å². The quantitative estimate of drug-likeness (QED) is 0.263. The minimum atomic E-state index is -0.604. The number of hydrogen-bond donors (Lipinski definition) is 2. The second kappa shape index (κ2) is 14.0. The molecule has 2 N–H and O–H groups in total. The number of carbonyl (C=O) groups excluding carboxylic acids is 3.